The van der Waals surface area contributed by atoms with Crippen molar-refractivity contribution in [1.82, 2.24) is 9.78 Å². The van der Waals surface area contributed by atoms with Crippen molar-refractivity contribution < 1.29 is 13.2 Å². The van der Waals surface area contributed by atoms with Crippen LogP contribution in [0.2, 0.25) is 0 Å². The van der Waals surface area contributed by atoms with E-state index in [4.69, 9.17) is 0 Å². The van der Waals surface area contributed by atoms with Crippen LogP contribution in [0, 0.1) is 0 Å². The van der Waals surface area contributed by atoms with Crippen molar-refractivity contribution in [1.29, 1.82) is 0 Å². The molecular formula is C12H12F3N3. The molecule has 6 heteroatoms. The normalized spacial score (nSPS) is 11.6. The zero-order valence-corrected chi connectivity index (χ0v) is 9.70. The molecule has 0 atom stereocenters. The monoisotopic (exact) mass is 255 g/mol. The first-order valence-electron chi connectivity index (χ1n) is 5.35. The molecule has 0 bridgehead atoms. The van der Waals surface area contributed by atoms with Gasteiger partial charge in [-0.15, -0.1) is 0 Å². The van der Waals surface area contributed by atoms with Crippen molar-refractivity contribution in [3.05, 3.63) is 47.8 Å². The fourth-order valence-corrected chi connectivity index (χ4v) is 1.54. The maximum atomic E-state index is 12.3. The maximum absolute atomic E-state index is 12.3. The Balaban J connectivity index is 2.01. The van der Waals surface area contributed by atoms with Gasteiger partial charge in [-0.25, -0.2) is 0 Å². The molecule has 0 aliphatic carbocycles. The smallest absolute Gasteiger partial charge is 0.379 e. The van der Waals surface area contributed by atoms with Crippen LogP contribution in [0.3, 0.4) is 0 Å². The van der Waals surface area contributed by atoms with Gasteiger partial charge in [-0.05, 0) is 30.3 Å². The highest BCUT2D eigenvalue weighted by molar-refractivity contribution is 5.45. The van der Waals surface area contributed by atoms with Gasteiger partial charge in [0.05, 0.1) is 17.8 Å². The van der Waals surface area contributed by atoms with Gasteiger partial charge in [-0.3, -0.25) is 4.68 Å². The van der Waals surface area contributed by atoms with Gasteiger partial charge in [0.25, 0.3) is 0 Å². The van der Waals surface area contributed by atoms with Crippen molar-refractivity contribution in [2.45, 2.75) is 12.7 Å². The Morgan fingerprint density at radius 3 is 2.33 bits per heavy atom. The largest absolute Gasteiger partial charge is 0.416 e. The van der Waals surface area contributed by atoms with Gasteiger partial charge < -0.3 is 5.32 Å². The Hall–Kier alpha value is -1.98. The highest BCUT2D eigenvalue weighted by atomic mass is 19.4. The number of nitrogens with zero attached hydrogens (tertiary/aromatic N) is 2. The molecule has 96 valence electrons. The third-order valence-corrected chi connectivity index (χ3v) is 2.61. The first-order chi connectivity index (χ1) is 8.47. The number of nitrogens with one attached hydrogen (secondary N) is 1. The molecule has 0 saturated carbocycles. The van der Waals surface area contributed by atoms with Gasteiger partial charge in [-0.2, -0.15) is 18.3 Å². The summed E-state index contributed by atoms with van der Waals surface area (Å²) in [6.07, 6.45) is -2.62. The van der Waals surface area contributed by atoms with Gasteiger partial charge in [0.15, 0.2) is 0 Å². The minimum absolute atomic E-state index is 0.516. The molecule has 0 amide bonds. The molecule has 0 spiro atoms. The molecular weight excluding hydrogens is 243 g/mol. The fraction of sp³-hybridized carbons (Fsp3) is 0.250. The van der Waals surface area contributed by atoms with E-state index in [-0.39, 0.29) is 0 Å². The van der Waals surface area contributed by atoms with E-state index in [9.17, 15) is 13.2 Å². The molecule has 0 saturated heterocycles. The standard InChI is InChI=1S/C12H12F3N3/c1-18-11(6-7-17-18)8-16-10-4-2-9(3-5-10)12(13,14)15/h2-7,16H,8H2,1H3. The minimum atomic E-state index is -4.29. The average Bonchev–Trinajstić information content (AvgIpc) is 2.72. The molecule has 0 radical (unpaired) electrons. The van der Waals surface area contributed by atoms with Crippen LogP contribution < -0.4 is 5.32 Å². The Kier molecular flexibility index (Phi) is 3.27. The number of anilines is 1. The van der Waals surface area contributed by atoms with Crippen LogP contribution in [0.25, 0.3) is 0 Å². The molecule has 2 aromatic rings. The lowest BCUT2D eigenvalue weighted by Crippen LogP contribution is -2.07. The summed E-state index contributed by atoms with van der Waals surface area (Å²) in [7, 11) is 1.81. The molecule has 2 rings (SSSR count). The van der Waals surface area contributed by atoms with E-state index in [1.165, 1.54) is 12.1 Å². The average molecular weight is 255 g/mol. The van der Waals surface area contributed by atoms with Crippen LogP contribution in [0.1, 0.15) is 11.3 Å². The van der Waals surface area contributed by atoms with E-state index in [1.54, 1.807) is 10.9 Å². The zero-order chi connectivity index (χ0) is 13.2. The SMILES string of the molecule is Cn1nccc1CNc1ccc(C(F)(F)F)cc1. The summed E-state index contributed by atoms with van der Waals surface area (Å²) in [5.74, 6) is 0. The second-order valence-electron chi connectivity index (χ2n) is 3.87. The van der Waals surface area contributed by atoms with Crippen LogP contribution in [0.5, 0.6) is 0 Å². The van der Waals surface area contributed by atoms with Gasteiger partial charge in [0.2, 0.25) is 0 Å². The number of rotatable bonds is 3. The van der Waals surface area contributed by atoms with E-state index in [2.05, 4.69) is 10.4 Å². The topological polar surface area (TPSA) is 29.9 Å². The van der Waals surface area contributed by atoms with Crippen molar-refractivity contribution in [2.75, 3.05) is 5.32 Å². The van der Waals surface area contributed by atoms with E-state index >= 15 is 0 Å². The van der Waals surface area contributed by atoms with E-state index in [0.717, 1.165) is 17.8 Å². The maximum Gasteiger partial charge on any atom is 0.416 e. The van der Waals surface area contributed by atoms with E-state index in [1.807, 2.05) is 13.1 Å². The van der Waals surface area contributed by atoms with Crippen molar-refractivity contribution >= 4 is 5.69 Å². The number of aryl methyl sites for hydroxylation is 1. The third-order valence-electron chi connectivity index (χ3n) is 2.61. The number of hydrogen-bond donors (Lipinski definition) is 1. The van der Waals surface area contributed by atoms with Crippen molar-refractivity contribution in [2.24, 2.45) is 7.05 Å². The van der Waals surface area contributed by atoms with Crippen molar-refractivity contribution in [3.8, 4) is 0 Å². The summed E-state index contributed by atoms with van der Waals surface area (Å²) in [6, 6.07) is 6.80. The molecule has 0 aliphatic rings. The highest BCUT2D eigenvalue weighted by Gasteiger charge is 2.29. The van der Waals surface area contributed by atoms with E-state index < -0.39 is 11.7 Å². The summed E-state index contributed by atoms with van der Waals surface area (Å²) in [6.45, 7) is 0.516. The van der Waals surface area contributed by atoms with Gasteiger partial charge in [-0.1, -0.05) is 0 Å². The summed E-state index contributed by atoms with van der Waals surface area (Å²) in [5, 5.41) is 7.04. The van der Waals surface area contributed by atoms with Gasteiger partial charge >= 0.3 is 6.18 Å². The predicted octanol–water partition coefficient (Wildman–Crippen LogP) is 3.05. The summed E-state index contributed by atoms with van der Waals surface area (Å²) in [4.78, 5) is 0. The lowest BCUT2D eigenvalue weighted by Gasteiger charge is -2.09. The minimum Gasteiger partial charge on any atom is -0.379 e. The summed E-state index contributed by atoms with van der Waals surface area (Å²) >= 11 is 0. The van der Waals surface area contributed by atoms with Crippen molar-refractivity contribution in [3.63, 3.8) is 0 Å². The third kappa shape index (κ3) is 2.82. The summed E-state index contributed by atoms with van der Waals surface area (Å²) < 4.78 is 38.8. The molecule has 1 aromatic carbocycles. The van der Waals surface area contributed by atoms with Crippen LogP contribution in [-0.2, 0) is 19.8 Å². The molecule has 1 N–H and O–H groups in total. The van der Waals surface area contributed by atoms with Crippen LogP contribution in [-0.4, -0.2) is 9.78 Å². The van der Waals surface area contributed by atoms with Gasteiger partial charge in [0, 0.05) is 18.9 Å². The van der Waals surface area contributed by atoms with Crippen LogP contribution in [0.15, 0.2) is 36.5 Å². The Labute approximate surface area is 102 Å². The quantitative estimate of drug-likeness (QED) is 0.913. The molecule has 0 unspecified atom stereocenters. The number of aromatic nitrogens is 2. The molecule has 3 nitrogen and oxygen atoms in total. The Morgan fingerprint density at radius 1 is 1.17 bits per heavy atom. The van der Waals surface area contributed by atoms with Gasteiger partial charge in [0.1, 0.15) is 0 Å². The number of alkyl halides is 3. The number of benzene rings is 1. The molecule has 18 heavy (non-hydrogen) atoms. The Bertz CT molecular complexity index is 514. The first kappa shape index (κ1) is 12.5. The molecule has 0 fully saturated rings. The molecule has 1 aromatic heterocycles. The zero-order valence-electron chi connectivity index (χ0n) is 9.70. The first-order valence-corrected chi connectivity index (χ1v) is 5.35. The lowest BCUT2D eigenvalue weighted by atomic mass is 10.2. The fourth-order valence-electron chi connectivity index (χ4n) is 1.54. The second kappa shape index (κ2) is 4.72. The van der Waals surface area contributed by atoms with Crippen LogP contribution >= 0.6 is 0 Å². The van der Waals surface area contributed by atoms with Crippen LogP contribution in [0.4, 0.5) is 18.9 Å². The van der Waals surface area contributed by atoms with E-state index in [0.29, 0.717) is 12.2 Å². The number of halogens is 3. The molecule has 0 aliphatic heterocycles. The summed E-state index contributed by atoms with van der Waals surface area (Å²) in [5.41, 5.74) is 0.952. The Morgan fingerprint density at radius 2 is 1.83 bits per heavy atom. The lowest BCUT2D eigenvalue weighted by molar-refractivity contribution is -0.137. The predicted molar refractivity (Wildman–Crippen MR) is 62.0 cm³/mol. The second-order valence-corrected chi connectivity index (χ2v) is 3.87. The highest BCUT2D eigenvalue weighted by Crippen LogP contribution is 2.29. The number of hydrogen-bond acceptors (Lipinski definition) is 2. The molecule has 1 heterocycles.